The van der Waals surface area contributed by atoms with Crippen LogP contribution in [-0.4, -0.2) is 46.3 Å². The molecule has 0 aromatic heterocycles. The van der Waals surface area contributed by atoms with Crippen molar-refractivity contribution in [3.63, 3.8) is 0 Å². The van der Waals surface area contributed by atoms with Crippen LogP contribution in [0.1, 0.15) is 67.8 Å². The molecule has 0 aliphatic heterocycles. The number of nitrogens with zero attached hydrogens (tertiary/aromatic N) is 1. The third kappa shape index (κ3) is 10.1. The monoisotopic (exact) mass is 493 g/mol. The SMILES string of the molecule is CCCCN(Cc1ccc(-c2ccc(C(=O)O)cc2)cc1)CC1CCCCC1.O=C(O)C(F)(F)F. The van der Waals surface area contributed by atoms with Gasteiger partial charge in [-0.15, -0.1) is 0 Å². The second kappa shape index (κ2) is 13.9. The number of hydrogen-bond acceptors (Lipinski definition) is 3. The van der Waals surface area contributed by atoms with Crippen molar-refractivity contribution in [3.8, 4) is 11.1 Å². The van der Waals surface area contributed by atoms with Crippen LogP contribution in [0.5, 0.6) is 0 Å². The normalized spacial score (nSPS) is 14.3. The number of aromatic carboxylic acids is 1. The summed E-state index contributed by atoms with van der Waals surface area (Å²) in [6, 6.07) is 15.9. The summed E-state index contributed by atoms with van der Waals surface area (Å²) < 4.78 is 31.7. The maximum atomic E-state index is 11.0. The van der Waals surface area contributed by atoms with Gasteiger partial charge in [-0.05, 0) is 60.5 Å². The van der Waals surface area contributed by atoms with Gasteiger partial charge in [0.15, 0.2) is 0 Å². The van der Waals surface area contributed by atoms with Crippen LogP contribution in [0.3, 0.4) is 0 Å². The van der Waals surface area contributed by atoms with Crippen LogP contribution in [0, 0.1) is 5.92 Å². The average molecular weight is 494 g/mol. The molecule has 35 heavy (non-hydrogen) atoms. The molecule has 0 spiro atoms. The van der Waals surface area contributed by atoms with Gasteiger partial charge in [0.2, 0.25) is 0 Å². The second-order valence-corrected chi connectivity index (χ2v) is 8.98. The van der Waals surface area contributed by atoms with E-state index in [2.05, 4.69) is 36.1 Å². The van der Waals surface area contributed by atoms with E-state index in [1.165, 1.54) is 63.6 Å². The van der Waals surface area contributed by atoms with Crippen LogP contribution >= 0.6 is 0 Å². The highest BCUT2D eigenvalue weighted by molar-refractivity contribution is 5.88. The van der Waals surface area contributed by atoms with Crippen molar-refractivity contribution in [2.45, 2.75) is 64.6 Å². The van der Waals surface area contributed by atoms with Gasteiger partial charge in [0.05, 0.1) is 5.56 Å². The van der Waals surface area contributed by atoms with Crippen molar-refractivity contribution in [1.29, 1.82) is 0 Å². The first-order valence-corrected chi connectivity index (χ1v) is 12.0. The number of benzene rings is 2. The maximum absolute atomic E-state index is 11.0. The molecule has 0 heterocycles. The number of carboxylic acids is 2. The molecule has 0 amide bonds. The zero-order valence-electron chi connectivity index (χ0n) is 20.1. The first-order valence-electron chi connectivity index (χ1n) is 12.0. The molecule has 1 aliphatic rings. The van der Waals surface area contributed by atoms with Crippen molar-refractivity contribution in [3.05, 3.63) is 59.7 Å². The van der Waals surface area contributed by atoms with Gasteiger partial charge in [0.1, 0.15) is 0 Å². The third-order valence-corrected chi connectivity index (χ3v) is 6.14. The zero-order valence-corrected chi connectivity index (χ0v) is 20.1. The smallest absolute Gasteiger partial charge is 0.478 e. The Kier molecular flexibility index (Phi) is 11.2. The fourth-order valence-corrected chi connectivity index (χ4v) is 4.22. The minimum absolute atomic E-state index is 0.328. The topological polar surface area (TPSA) is 77.8 Å². The van der Waals surface area contributed by atoms with Crippen LogP contribution in [0.2, 0.25) is 0 Å². The number of aliphatic carboxylic acids is 1. The number of unbranched alkanes of at least 4 members (excludes halogenated alkanes) is 1. The number of carboxylic acid groups (broad SMARTS) is 2. The van der Waals surface area contributed by atoms with Crippen molar-refractivity contribution in [2.24, 2.45) is 5.92 Å². The summed E-state index contributed by atoms with van der Waals surface area (Å²) in [6.07, 6.45) is 4.44. The van der Waals surface area contributed by atoms with E-state index in [1.54, 1.807) is 12.1 Å². The van der Waals surface area contributed by atoms with E-state index in [1.807, 2.05) is 12.1 Å². The summed E-state index contributed by atoms with van der Waals surface area (Å²) in [5.41, 5.74) is 3.88. The molecule has 0 atom stereocenters. The molecule has 1 saturated carbocycles. The molecule has 192 valence electrons. The Hall–Kier alpha value is -2.87. The lowest BCUT2D eigenvalue weighted by atomic mass is 9.89. The van der Waals surface area contributed by atoms with Crippen LogP contribution < -0.4 is 0 Å². The molecule has 1 fully saturated rings. The third-order valence-electron chi connectivity index (χ3n) is 6.14. The van der Waals surface area contributed by atoms with Crippen molar-refractivity contribution in [1.82, 2.24) is 4.90 Å². The summed E-state index contributed by atoms with van der Waals surface area (Å²) in [7, 11) is 0. The largest absolute Gasteiger partial charge is 0.490 e. The molecule has 0 radical (unpaired) electrons. The highest BCUT2D eigenvalue weighted by Crippen LogP contribution is 2.26. The van der Waals surface area contributed by atoms with Crippen molar-refractivity contribution in [2.75, 3.05) is 13.1 Å². The molecular weight excluding hydrogens is 459 g/mol. The maximum Gasteiger partial charge on any atom is 0.490 e. The fourth-order valence-electron chi connectivity index (χ4n) is 4.22. The lowest BCUT2D eigenvalue weighted by Gasteiger charge is -2.30. The Balaban J connectivity index is 0.000000540. The first kappa shape index (κ1) is 28.4. The fraction of sp³-hybridized carbons (Fsp3) is 0.481. The van der Waals surface area contributed by atoms with Crippen molar-refractivity contribution < 1.29 is 33.0 Å². The van der Waals surface area contributed by atoms with Gasteiger partial charge in [-0.2, -0.15) is 13.2 Å². The predicted octanol–water partition coefficient (Wildman–Crippen LogP) is 6.87. The van der Waals surface area contributed by atoms with Gasteiger partial charge < -0.3 is 10.2 Å². The van der Waals surface area contributed by atoms with E-state index < -0.39 is 18.1 Å². The molecule has 1 aliphatic carbocycles. The lowest BCUT2D eigenvalue weighted by Crippen LogP contribution is -2.31. The molecule has 8 heteroatoms. The van der Waals surface area contributed by atoms with Gasteiger partial charge in [-0.3, -0.25) is 4.90 Å². The number of halogens is 3. The minimum atomic E-state index is -5.08. The summed E-state index contributed by atoms with van der Waals surface area (Å²) in [6.45, 7) is 5.71. The van der Waals surface area contributed by atoms with Crippen LogP contribution in [0.25, 0.3) is 11.1 Å². The molecule has 3 rings (SSSR count). The van der Waals surface area contributed by atoms with Gasteiger partial charge in [0.25, 0.3) is 0 Å². The van der Waals surface area contributed by atoms with E-state index in [4.69, 9.17) is 15.0 Å². The highest BCUT2D eigenvalue weighted by Gasteiger charge is 2.38. The minimum Gasteiger partial charge on any atom is -0.478 e. The Morgan fingerprint density at radius 1 is 0.914 bits per heavy atom. The molecule has 0 bridgehead atoms. The Morgan fingerprint density at radius 3 is 1.89 bits per heavy atom. The van der Waals surface area contributed by atoms with Crippen LogP contribution in [0.15, 0.2) is 48.5 Å². The van der Waals surface area contributed by atoms with E-state index >= 15 is 0 Å². The second-order valence-electron chi connectivity index (χ2n) is 8.98. The summed E-state index contributed by atoms with van der Waals surface area (Å²) in [5, 5.41) is 16.2. The van der Waals surface area contributed by atoms with Crippen LogP contribution in [-0.2, 0) is 11.3 Å². The van der Waals surface area contributed by atoms with Gasteiger partial charge in [-0.25, -0.2) is 9.59 Å². The molecule has 0 saturated heterocycles. The number of hydrogen-bond donors (Lipinski definition) is 2. The Morgan fingerprint density at radius 2 is 1.43 bits per heavy atom. The standard InChI is InChI=1S/C25H33NO2.C2HF3O2/c1-2-3-17-26(18-20-7-5-4-6-8-20)19-21-9-11-22(12-10-21)23-13-15-24(16-14-23)25(27)28;3-2(4,5)1(6)7/h9-16,20H,2-8,17-19H2,1H3,(H,27,28);(H,6,7). The molecule has 0 unspecified atom stereocenters. The Labute approximate surface area is 204 Å². The van der Waals surface area contributed by atoms with Crippen molar-refractivity contribution >= 4 is 11.9 Å². The molecule has 5 nitrogen and oxygen atoms in total. The van der Waals surface area contributed by atoms with Gasteiger partial charge in [0, 0.05) is 13.1 Å². The van der Waals surface area contributed by atoms with Gasteiger partial charge in [-0.1, -0.05) is 69.0 Å². The highest BCUT2D eigenvalue weighted by atomic mass is 19.4. The van der Waals surface area contributed by atoms with E-state index in [-0.39, 0.29) is 0 Å². The summed E-state index contributed by atoms with van der Waals surface area (Å²) in [5.74, 6) is -2.77. The van der Waals surface area contributed by atoms with Crippen LogP contribution in [0.4, 0.5) is 13.2 Å². The zero-order chi connectivity index (χ0) is 25.8. The average Bonchev–Trinajstić information content (AvgIpc) is 2.83. The van der Waals surface area contributed by atoms with E-state index in [9.17, 15) is 18.0 Å². The summed E-state index contributed by atoms with van der Waals surface area (Å²) in [4.78, 5) is 22.6. The molecular formula is C27H34F3NO4. The number of rotatable bonds is 9. The van der Waals surface area contributed by atoms with E-state index in [0.29, 0.717) is 5.56 Å². The first-order chi connectivity index (χ1) is 16.6. The summed E-state index contributed by atoms with van der Waals surface area (Å²) >= 11 is 0. The molecule has 2 aromatic carbocycles. The van der Waals surface area contributed by atoms with E-state index in [0.717, 1.165) is 23.6 Å². The quantitative estimate of drug-likeness (QED) is 0.399. The predicted molar refractivity (Wildman–Crippen MR) is 129 cm³/mol. The Bertz CT molecular complexity index is 921. The number of carbonyl (C=O) groups is 2. The lowest BCUT2D eigenvalue weighted by molar-refractivity contribution is -0.192. The molecule has 2 N–H and O–H groups in total. The number of alkyl halides is 3. The van der Waals surface area contributed by atoms with Gasteiger partial charge >= 0.3 is 18.1 Å². The molecule has 2 aromatic rings.